The van der Waals surface area contributed by atoms with Gasteiger partial charge in [0.25, 0.3) is 0 Å². The molecule has 0 saturated carbocycles. The van der Waals surface area contributed by atoms with Gasteiger partial charge in [-0.25, -0.2) is 9.97 Å². The Kier molecular flexibility index (Phi) is 8.81. The minimum atomic E-state index is 0. The van der Waals surface area contributed by atoms with Crippen molar-refractivity contribution in [1.29, 1.82) is 0 Å². The Bertz CT molecular complexity index is 2680. The van der Waals surface area contributed by atoms with Crippen LogP contribution in [0.5, 0.6) is 0 Å². The third-order valence-electron chi connectivity index (χ3n) is 9.26. The quantitative estimate of drug-likeness (QED) is 0.132. The van der Waals surface area contributed by atoms with Crippen LogP contribution in [0.3, 0.4) is 0 Å². The van der Waals surface area contributed by atoms with Crippen LogP contribution in [0.15, 0.2) is 152 Å². The van der Waals surface area contributed by atoms with Crippen molar-refractivity contribution in [1.82, 2.24) is 19.9 Å². The smallest absolute Gasteiger partial charge is 0.657 e. The summed E-state index contributed by atoms with van der Waals surface area (Å²) in [5.41, 5.74) is 18.6. The summed E-state index contributed by atoms with van der Waals surface area (Å²) in [5.74, 6) is 0. The molecule has 2 aliphatic heterocycles. The normalized spacial score (nSPS) is 11.5. The molecule has 2 aliphatic rings. The third-order valence-corrected chi connectivity index (χ3v) is 9.26. The third kappa shape index (κ3) is 5.99. The summed E-state index contributed by atoms with van der Waals surface area (Å²) in [4.78, 5) is 21.3. The van der Waals surface area contributed by atoms with Crippen LogP contribution in [-0.4, -0.2) is 9.97 Å². The minimum Gasteiger partial charge on any atom is -0.657 e. The van der Waals surface area contributed by atoms with Gasteiger partial charge in [0, 0.05) is 0 Å². The van der Waals surface area contributed by atoms with Crippen molar-refractivity contribution in [2.45, 2.75) is 0 Å². The molecule has 0 atom stereocenters. The Hall–Kier alpha value is -6.51. The molecule has 0 amide bonds. The molecule has 5 heteroatoms. The van der Waals surface area contributed by atoms with Crippen molar-refractivity contribution < 1.29 is 16.5 Å². The number of fused-ring (bicyclic) bond motifs is 8. The van der Waals surface area contributed by atoms with Crippen LogP contribution in [0.4, 0.5) is 0 Å². The first-order valence-corrected chi connectivity index (χ1v) is 16.9. The SMILES string of the molecule is C=C=Cc1ccc(-c2c3nc(c(-c4ccccc4)c4ccc([n-]4)c(-c4ccccc4)c4nc(c(-c5ccccc5)c5ccc2[n-]5)C=C4)C=C3)cc1.[Ni+2]. The average molecular weight is 709 g/mol. The van der Waals surface area contributed by atoms with E-state index >= 15 is 0 Å². The molecule has 8 bridgehead atoms. The van der Waals surface area contributed by atoms with Crippen molar-refractivity contribution in [2.75, 3.05) is 0 Å². The largest absolute Gasteiger partial charge is 2.00 e. The number of rotatable bonds is 5. The molecule has 3 aromatic heterocycles. The van der Waals surface area contributed by atoms with Crippen LogP contribution < -0.4 is 9.97 Å². The van der Waals surface area contributed by atoms with Gasteiger partial charge in [-0.3, -0.25) is 0 Å². The second-order valence-electron chi connectivity index (χ2n) is 12.4. The van der Waals surface area contributed by atoms with E-state index in [1.807, 2.05) is 24.3 Å². The Morgan fingerprint density at radius 3 is 1.02 bits per heavy atom. The topological polar surface area (TPSA) is 54.0 Å². The van der Waals surface area contributed by atoms with Gasteiger partial charge in [-0.15, -0.1) is 27.8 Å². The molecule has 248 valence electrons. The van der Waals surface area contributed by atoms with E-state index in [1.165, 1.54) is 0 Å². The van der Waals surface area contributed by atoms with Crippen LogP contribution >= 0.6 is 0 Å². The van der Waals surface area contributed by atoms with E-state index < -0.39 is 0 Å². The van der Waals surface area contributed by atoms with Gasteiger partial charge >= 0.3 is 16.5 Å². The molecule has 5 heterocycles. The fourth-order valence-electron chi connectivity index (χ4n) is 6.95. The van der Waals surface area contributed by atoms with Crippen molar-refractivity contribution in [3.63, 3.8) is 0 Å². The van der Waals surface area contributed by atoms with E-state index in [1.54, 1.807) is 0 Å². The van der Waals surface area contributed by atoms with E-state index in [0.29, 0.717) is 0 Å². The molecular weight excluding hydrogens is 679 g/mol. The van der Waals surface area contributed by atoms with Gasteiger partial charge in [0.1, 0.15) is 0 Å². The zero-order valence-corrected chi connectivity index (χ0v) is 29.0. The summed E-state index contributed by atoms with van der Waals surface area (Å²) in [5, 5.41) is 0. The zero-order chi connectivity index (χ0) is 34.1. The van der Waals surface area contributed by atoms with Crippen molar-refractivity contribution in [2.24, 2.45) is 0 Å². The fourth-order valence-corrected chi connectivity index (χ4v) is 6.95. The van der Waals surface area contributed by atoms with Crippen molar-refractivity contribution in [3.05, 3.63) is 180 Å². The van der Waals surface area contributed by atoms with Gasteiger partial charge in [-0.1, -0.05) is 146 Å². The van der Waals surface area contributed by atoms with Crippen LogP contribution in [0, 0.1) is 0 Å². The van der Waals surface area contributed by atoms with E-state index in [-0.39, 0.29) is 16.5 Å². The van der Waals surface area contributed by atoms with E-state index in [0.717, 1.165) is 94.9 Å². The van der Waals surface area contributed by atoms with Gasteiger partial charge in [0.15, 0.2) is 0 Å². The Labute approximate surface area is 312 Å². The van der Waals surface area contributed by atoms with Crippen LogP contribution in [0.1, 0.15) is 28.3 Å². The zero-order valence-electron chi connectivity index (χ0n) is 28.0. The van der Waals surface area contributed by atoms with Gasteiger partial charge < -0.3 is 9.97 Å². The maximum atomic E-state index is 5.34. The number of benzene rings is 4. The van der Waals surface area contributed by atoms with Gasteiger partial charge in [-0.05, 0) is 80.5 Å². The molecule has 9 rings (SSSR count). The molecular formula is C47H30N4Ni. The number of hydrogen-bond donors (Lipinski definition) is 0. The molecule has 0 unspecified atom stereocenters. The number of aromatic nitrogens is 4. The van der Waals surface area contributed by atoms with E-state index in [9.17, 15) is 0 Å². The minimum absolute atomic E-state index is 0. The van der Waals surface area contributed by atoms with Crippen LogP contribution in [0.2, 0.25) is 0 Å². The molecule has 52 heavy (non-hydrogen) atoms. The second kappa shape index (κ2) is 14.0. The molecule has 0 N–H and O–H groups in total. The predicted octanol–water partition coefficient (Wildman–Crippen LogP) is 11.4. The Morgan fingerprint density at radius 2 is 0.712 bits per heavy atom. The molecule has 0 radical (unpaired) electrons. The molecule has 0 fully saturated rings. The van der Waals surface area contributed by atoms with Crippen molar-refractivity contribution >= 4 is 52.4 Å². The fraction of sp³-hybridized carbons (Fsp3) is 0. The molecule has 4 nitrogen and oxygen atoms in total. The molecule has 7 aromatic rings. The Morgan fingerprint density at radius 1 is 0.404 bits per heavy atom. The Balaban J connectivity index is 0.00000387. The van der Waals surface area contributed by atoms with Gasteiger partial charge in [0.05, 0.1) is 22.8 Å². The summed E-state index contributed by atoms with van der Waals surface area (Å²) in [7, 11) is 0. The van der Waals surface area contributed by atoms with Crippen LogP contribution in [0.25, 0.3) is 97.0 Å². The first kappa shape index (κ1) is 32.7. The van der Waals surface area contributed by atoms with Crippen molar-refractivity contribution in [3.8, 4) is 44.5 Å². The summed E-state index contributed by atoms with van der Waals surface area (Å²) in [6.45, 7) is 3.75. The number of nitrogens with zero attached hydrogens (tertiary/aromatic N) is 4. The number of hydrogen-bond acceptors (Lipinski definition) is 2. The maximum Gasteiger partial charge on any atom is 2.00 e. The van der Waals surface area contributed by atoms with E-state index in [2.05, 4.69) is 158 Å². The van der Waals surface area contributed by atoms with Gasteiger partial charge in [0.2, 0.25) is 0 Å². The maximum absolute atomic E-state index is 5.34. The second-order valence-corrected chi connectivity index (χ2v) is 12.4. The molecule has 0 saturated heterocycles. The first-order chi connectivity index (χ1) is 25.2. The molecule has 4 aromatic carbocycles. The molecule has 0 aliphatic carbocycles. The monoisotopic (exact) mass is 708 g/mol. The predicted molar refractivity (Wildman–Crippen MR) is 212 cm³/mol. The summed E-state index contributed by atoms with van der Waals surface area (Å²) >= 11 is 0. The summed E-state index contributed by atoms with van der Waals surface area (Å²) in [6, 6.07) is 47.9. The van der Waals surface area contributed by atoms with E-state index in [4.69, 9.17) is 19.9 Å². The standard InChI is InChI=1S/C47H30N4.Ni/c1-2-12-31-19-21-35(22-20-31)47-42-29-27-40(50-42)45(33-15-8-4-9-16-33)38-25-23-36(48-38)44(32-13-6-3-7-14-32)37-24-26-39(49-37)46(34-17-10-5-11-18-34)41-28-30-43(47)51-41;/h3-30H,1H2;/q-2;+2. The van der Waals surface area contributed by atoms with Crippen LogP contribution in [-0.2, 0) is 16.5 Å². The molecule has 0 spiro atoms. The summed E-state index contributed by atoms with van der Waals surface area (Å²) < 4.78 is 0. The summed E-state index contributed by atoms with van der Waals surface area (Å²) in [6.07, 6.45) is 10.3. The average Bonchev–Trinajstić information content (AvgIpc) is 4.02. The van der Waals surface area contributed by atoms with Gasteiger partial charge in [-0.2, -0.15) is 0 Å². The first-order valence-electron chi connectivity index (χ1n) is 16.9.